The quantitative estimate of drug-likeness (QED) is 0.162. The zero-order valence-corrected chi connectivity index (χ0v) is 25.3. The van der Waals surface area contributed by atoms with Crippen LogP contribution in [0.4, 0.5) is 11.4 Å². The molecule has 0 bridgehead atoms. The molecule has 0 heterocycles. The summed E-state index contributed by atoms with van der Waals surface area (Å²) in [5.74, 6) is -7.79. The molecule has 0 aliphatic heterocycles. The van der Waals surface area contributed by atoms with E-state index in [0.29, 0.717) is 11.3 Å². The van der Waals surface area contributed by atoms with Gasteiger partial charge < -0.3 is 47.2 Å². The molecule has 0 unspecified atom stereocenters. The molecule has 0 radical (unpaired) electrons. The number of carbonyl (C=O) groups excluding carboxylic acids is 4. The maximum atomic E-state index is 14.0. The fourth-order valence-corrected chi connectivity index (χ4v) is 6.33. The van der Waals surface area contributed by atoms with Crippen molar-refractivity contribution in [3.05, 3.63) is 34.1 Å². The van der Waals surface area contributed by atoms with Crippen molar-refractivity contribution in [1.82, 2.24) is 10.2 Å². The summed E-state index contributed by atoms with van der Waals surface area (Å²) in [7, 11) is 6.58. The number of primary amides is 1. The number of rotatable bonds is 6. The van der Waals surface area contributed by atoms with Crippen molar-refractivity contribution >= 4 is 40.5 Å². The third-order valence-corrected chi connectivity index (χ3v) is 8.23. The molecular weight excluding hydrogens is 562 g/mol. The number of phenolic OH excluding ortho intramolecular Hbond substituents is 1. The topological polar surface area (TPSA) is 237 Å². The van der Waals surface area contributed by atoms with E-state index in [4.69, 9.17) is 5.73 Å². The number of aliphatic hydroxyl groups excluding tert-OH is 2. The first-order valence-corrected chi connectivity index (χ1v) is 13.6. The molecule has 2 amide bonds. The normalized spacial score (nSPS) is 25.1. The number of aliphatic hydroxyl groups is 3. The Morgan fingerprint density at radius 2 is 1.72 bits per heavy atom. The summed E-state index contributed by atoms with van der Waals surface area (Å²) in [6, 6.07) is 0.409. The molecule has 14 heteroatoms. The Kier molecular flexibility index (Phi) is 8.78. The number of nitrogens with one attached hydrogen (secondary N) is 2. The minimum Gasteiger partial charge on any atom is -0.508 e. The number of nitrogens with zero attached hydrogens (tertiary/aromatic N) is 2. The molecule has 1 fully saturated rings. The van der Waals surface area contributed by atoms with Crippen molar-refractivity contribution in [2.24, 2.45) is 17.6 Å². The lowest BCUT2D eigenvalue weighted by Gasteiger charge is -2.50. The van der Waals surface area contributed by atoms with Gasteiger partial charge >= 0.3 is 0 Å². The van der Waals surface area contributed by atoms with E-state index >= 15 is 0 Å². The van der Waals surface area contributed by atoms with Crippen LogP contribution in [0.15, 0.2) is 23.0 Å². The summed E-state index contributed by atoms with van der Waals surface area (Å²) < 4.78 is 0. The second-order valence-corrected chi connectivity index (χ2v) is 12.7. The van der Waals surface area contributed by atoms with Gasteiger partial charge in [0.15, 0.2) is 11.4 Å². The summed E-state index contributed by atoms with van der Waals surface area (Å²) in [5, 5.41) is 51.3. The summed E-state index contributed by atoms with van der Waals surface area (Å²) in [5.41, 5.74) is 2.11. The number of carbonyl (C=O) groups is 4. The van der Waals surface area contributed by atoms with Crippen LogP contribution in [0.25, 0.3) is 5.76 Å². The van der Waals surface area contributed by atoms with E-state index in [9.17, 15) is 39.6 Å². The van der Waals surface area contributed by atoms with Gasteiger partial charge in [0.2, 0.25) is 11.7 Å². The molecule has 4 rings (SSSR count). The highest BCUT2D eigenvalue weighted by Crippen LogP contribution is 2.54. The number of aromatic hydroxyl groups is 1. The van der Waals surface area contributed by atoms with Gasteiger partial charge in [-0.15, -0.1) is 0 Å². The number of hydrogen-bond acceptors (Lipinski definition) is 11. The third-order valence-electron chi connectivity index (χ3n) is 8.23. The number of benzene rings is 1. The van der Waals surface area contributed by atoms with E-state index in [1.54, 1.807) is 39.2 Å². The molecule has 0 spiro atoms. The van der Waals surface area contributed by atoms with Crippen LogP contribution in [0.2, 0.25) is 0 Å². The fraction of sp³-hybridized carbons (Fsp3) is 0.517. The summed E-state index contributed by atoms with van der Waals surface area (Å²) >= 11 is 0. The van der Waals surface area contributed by atoms with Crippen LogP contribution >= 0.6 is 0 Å². The van der Waals surface area contributed by atoms with E-state index in [0.717, 1.165) is 0 Å². The van der Waals surface area contributed by atoms with E-state index in [-0.39, 0.29) is 47.2 Å². The molecule has 236 valence electrons. The molecule has 4 atom stereocenters. The van der Waals surface area contributed by atoms with Crippen LogP contribution in [-0.2, 0) is 25.6 Å². The average Bonchev–Trinajstić information content (AvgIpc) is 2.85. The standard InChI is InChI=1S/C29H39N5O8.H2O/c1-28(2,3)31-11-17(35)32-15-10-16(33(4)5)13-8-12-9-14-21(34(6)7)24(38)20(27(30)41)26(40)29(14,42)25(39)18(12)23(37)19(13)22(15)36;/h10,12,14,21,31,36-37,40,42H,8-9,11H2,1-7H3,(H2,30,41)(H,32,35);1H2/t12-,14-,21-,29-;/m0./s1. The number of fused-ring (bicyclic) bond motifs is 3. The number of hydrogen-bond donors (Lipinski definition) is 7. The average molecular weight is 604 g/mol. The number of phenols is 1. The number of Topliss-reactive ketones (excluding diaryl/α,β-unsaturated/α-hetero) is 2. The van der Waals surface area contributed by atoms with Crippen LogP contribution in [0.5, 0.6) is 5.75 Å². The Hall–Kier alpha value is -3.98. The summed E-state index contributed by atoms with van der Waals surface area (Å²) in [6.45, 7) is 5.62. The highest BCUT2D eigenvalue weighted by atomic mass is 16.3. The fourth-order valence-electron chi connectivity index (χ4n) is 6.33. The molecular formula is C29H41N5O9. The van der Waals surface area contributed by atoms with Gasteiger partial charge in [0.05, 0.1) is 23.8 Å². The van der Waals surface area contributed by atoms with Gasteiger partial charge in [-0.2, -0.15) is 0 Å². The van der Waals surface area contributed by atoms with Crippen LogP contribution in [0, 0.1) is 11.8 Å². The van der Waals surface area contributed by atoms with Gasteiger partial charge in [-0.05, 0) is 65.3 Å². The molecule has 3 aliphatic rings. The van der Waals surface area contributed by atoms with Gasteiger partial charge in [0, 0.05) is 36.8 Å². The number of nitrogens with two attached hydrogens (primary N) is 1. The predicted octanol–water partition coefficient (Wildman–Crippen LogP) is -0.468. The van der Waals surface area contributed by atoms with Gasteiger partial charge in [-0.25, -0.2) is 0 Å². The third kappa shape index (κ3) is 5.35. The van der Waals surface area contributed by atoms with Gasteiger partial charge in [0.25, 0.3) is 5.91 Å². The Bertz CT molecular complexity index is 1460. The lowest BCUT2D eigenvalue weighted by Crippen LogP contribution is -2.65. The Morgan fingerprint density at radius 3 is 2.23 bits per heavy atom. The van der Waals surface area contributed by atoms with E-state index in [1.165, 1.54) is 4.90 Å². The van der Waals surface area contributed by atoms with Crippen LogP contribution in [-0.4, -0.2) is 106 Å². The summed E-state index contributed by atoms with van der Waals surface area (Å²) in [4.78, 5) is 55.3. The van der Waals surface area contributed by atoms with Crippen molar-refractivity contribution < 1.29 is 45.1 Å². The number of likely N-dealkylation sites (N-methyl/N-ethyl adjacent to an activating group) is 1. The highest BCUT2D eigenvalue weighted by molar-refractivity contribution is 6.24. The highest BCUT2D eigenvalue weighted by Gasteiger charge is 2.64. The van der Waals surface area contributed by atoms with Crippen molar-refractivity contribution in [1.29, 1.82) is 0 Å². The smallest absolute Gasteiger partial charge is 0.255 e. The molecule has 0 aromatic heterocycles. The van der Waals surface area contributed by atoms with E-state index in [1.807, 2.05) is 20.8 Å². The lowest BCUT2D eigenvalue weighted by molar-refractivity contribution is -0.153. The number of ketones is 2. The first-order chi connectivity index (χ1) is 19.3. The van der Waals surface area contributed by atoms with Crippen LogP contribution in [0.1, 0.15) is 38.3 Å². The second-order valence-electron chi connectivity index (χ2n) is 12.7. The van der Waals surface area contributed by atoms with E-state index in [2.05, 4.69) is 10.6 Å². The maximum Gasteiger partial charge on any atom is 0.255 e. The van der Waals surface area contributed by atoms with Gasteiger partial charge in [-0.1, -0.05) is 0 Å². The Morgan fingerprint density at radius 1 is 1.12 bits per heavy atom. The molecule has 14 nitrogen and oxygen atoms in total. The van der Waals surface area contributed by atoms with Crippen molar-refractivity contribution in [2.75, 3.05) is 45.0 Å². The Labute approximate surface area is 249 Å². The van der Waals surface area contributed by atoms with Crippen LogP contribution < -0.4 is 21.3 Å². The van der Waals surface area contributed by atoms with Gasteiger partial charge in [-0.3, -0.25) is 24.1 Å². The largest absolute Gasteiger partial charge is 0.508 e. The zero-order chi connectivity index (χ0) is 31.6. The van der Waals surface area contributed by atoms with Crippen molar-refractivity contribution in [2.45, 2.75) is 50.8 Å². The molecule has 1 aromatic rings. The minimum atomic E-state index is -2.73. The monoisotopic (exact) mass is 603 g/mol. The van der Waals surface area contributed by atoms with E-state index < -0.39 is 69.7 Å². The first kappa shape index (κ1) is 33.5. The molecule has 43 heavy (non-hydrogen) atoms. The molecule has 1 saturated carbocycles. The Balaban J connectivity index is 0.00000506. The lowest BCUT2D eigenvalue weighted by atomic mass is 9.57. The summed E-state index contributed by atoms with van der Waals surface area (Å²) in [6.07, 6.45) is 0.117. The first-order valence-electron chi connectivity index (χ1n) is 13.6. The molecule has 0 saturated heterocycles. The maximum absolute atomic E-state index is 14.0. The molecule has 3 aliphatic carbocycles. The molecule has 1 aromatic carbocycles. The zero-order valence-electron chi connectivity index (χ0n) is 25.3. The predicted molar refractivity (Wildman–Crippen MR) is 159 cm³/mol. The second kappa shape index (κ2) is 11.3. The number of anilines is 2. The SMILES string of the molecule is CN(C)c1cc(NC(=O)CNC(C)(C)C)c(O)c2c1C[C@H]1C[C@H]3[C@H](N(C)C)C(=O)C(C(N)=O)=C(O)[C@@]3(O)C(=O)C1=C2O.O. The van der Waals surface area contributed by atoms with Gasteiger partial charge in [0.1, 0.15) is 22.8 Å². The minimum absolute atomic E-state index is 0. The van der Waals surface area contributed by atoms with Crippen molar-refractivity contribution in [3.8, 4) is 5.75 Å². The van der Waals surface area contributed by atoms with Crippen molar-refractivity contribution in [3.63, 3.8) is 0 Å². The van der Waals surface area contributed by atoms with Crippen LogP contribution in [0.3, 0.4) is 0 Å². The number of amides is 2. The molecule has 10 N–H and O–H groups in total.